The maximum absolute atomic E-state index is 4.24. The van der Waals surface area contributed by atoms with Crippen molar-refractivity contribution in [1.82, 2.24) is 9.97 Å². The molecule has 1 aromatic heterocycles. The zero-order chi connectivity index (χ0) is 8.10. The van der Waals surface area contributed by atoms with Gasteiger partial charge in [-0.3, -0.25) is 9.97 Å². The fraction of sp³-hybridized carbons (Fsp3) is 0.444. The van der Waals surface area contributed by atoms with Gasteiger partial charge in [0.25, 0.3) is 0 Å². The third-order valence-electron chi connectivity index (χ3n) is 1.52. The van der Waals surface area contributed by atoms with Crippen molar-refractivity contribution in [3.63, 3.8) is 0 Å². The maximum Gasteiger partial charge on any atom is 0.0593 e. The van der Waals surface area contributed by atoms with Gasteiger partial charge >= 0.3 is 0 Å². The fourth-order valence-electron chi connectivity index (χ4n) is 0.930. The Bertz CT molecular complexity index is 221. The minimum Gasteiger partial charge on any atom is -0.261 e. The standard InChI is InChI=1S/C9H13N2/c1-3-4-5-9-7-10-6-8(2)11-9/h6-7H,2-5H2,1H3. The minimum atomic E-state index is 0.763. The van der Waals surface area contributed by atoms with Crippen LogP contribution in [0.3, 0.4) is 0 Å². The number of unbranched alkanes of at least 4 members (excludes halogenated alkanes) is 1. The van der Waals surface area contributed by atoms with E-state index in [1.54, 1.807) is 6.20 Å². The Hall–Kier alpha value is -0.920. The van der Waals surface area contributed by atoms with Crippen molar-refractivity contribution in [2.24, 2.45) is 0 Å². The van der Waals surface area contributed by atoms with Gasteiger partial charge in [0.05, 0.1) is 11.4 Å². The van der Waals surface area contributed by atoms with E-state index < -0.39 is 0 Å². The van der Waals surface area contributed by atoms with Crippen molar-refractivity contribution >= 4 is 0 Å². The van der Waals surface area contributed by atoms with Crippen molar-refractivity contribution in [3.05, 3.63) is 30.7 Å². The summed E-state index contributed by atoms with van der Waals surface area (Å²) in [5, 5.41) is 0. The molecule has 2 heteroatoms. The normalized spacial score (nSPS) is 10.0. The molecule has 0 amide bonds. The van der Waals surface area contributed by atoms with Crippen LogP contribution in [0, 0.1) is 6.92 Å². The number of nitrogens with zero attached hydrogens (tertiary/aromatic N) is 2. The summed E-state index contributed by atoms with van der Waals surface area (Å²) in [4.78, 5) is 8.25. The second-order valence-corrected chi connectivity index (χ2v) is 2.61. The van der Waals surface area contributed by atoms with Gasteiger partial charge in [0.15, 0.2) is 0 Å². The predicted molar refractivity (Wildman–Crippen MR) is 45.1 cm³/mol. The first-order valence-corrected chi connectivity index (χ1v) is 3.96. The van der Waals surface area contributed by atoms with Gasteiger partial charge in [-0.05, 0) is 19.8 Å². The fourth-order valence-corrected chi connectivity index (χ4v) is 0.930. The summed E-state index contributed by atoms with van der Waals surface area (Å²) < 4.78 is 0. The van der Waals surface area contributed by atoms with Gasteiger partial charge in [-0.2, -0.15) is 0 Å². The molecule has 0 aliphatic carbocycles. The molecule has 59 valence electrons. The SMILES string of the molecule is [CH2]c1cncc(CCCC)n1. The molecule has 1 aromatic rings. The number of rotatable bonds is 3. The van der Waals surface area contributed by atoms with Gasteiger partial charge in [-0.15, -0.1) is 0 Å². The van der Waals surface area contributed by atoms with E-state index in [4.69, 9.17) is 0 Å². The number of hydrogen-bond donors (Lipinski definition) is 0. The topological polar surface area (TPSA) is 25.8 Å². The Labute approximate surface area is 67.7 Å². The molecule has 1 radical (unpaired) electrons. The Morgan fingerprint density at radius 2 is 2.27 bits per heavy atom. The van der Waals surface area contributed by atoms with E-state index in [1.165, 1.54) is 12.8 Å². The molecule has 0 unspecified atom stereocenters. The van der Waals surface area contributed by atoms with Gasteiger partial charge in [-0.25, -0.2) is 0 Å². The van der Waals surface area contributed by atoms with E-state index in [0.29, 0.717) is 0 Å². The Kier molecular flexibility index (Phi) is 3.02. The average Bonchev–Trinajstić information content (AvgIpc) is 2.01. The molecule has 0 aliphatic rings. The molecule has 0 fully saturated rings. The Morgan fingerprint density at radius 3 is 2.91 bits per heavy atom. The molecular weight excluding hydrogens is 136 g/mol. The summed E-state index contributed by atoms with van der Waals surface area (Å²) in [6.07, 6.45) is 6.88. The van der Waals surface area contributed by atoms with E-state index in [2.05, 4.69) is 23.8 Å². The van der Waals surface area contributed by atoms with E-state index in [9.17, 15) is 0 Å². The lowest BCUT2D eigenvalue weighted by atomic mass is 10.2. The molecule has 0 bridgehead atoms. The molecule has 0 saturated carbocycles. The molecule has 2 nitrogen and oxygen atoms in total. The lowest BCUT2D eigenvalue weighted by Crippen LogP contribution is -1.93. The van der Waals surface area contributed by atoms with E-state index >= 15 is 0 Å². The third-order valence-corrected chi connectivity index (χ3v) is 1.52. The van der Waals surface area contributed by atoms with Crippen LogP contribution in [-0.4, -0.2) is 9.97 Å². The minimum absolute atomic E-state index is 0.763. The monoisotopic (exact) mass is 149 g/mol. The van der Waals surface area contributed by atoms with Crippen LogP contribution < -0.4 is 0 Å². The van der Waals surface area contributed by atoms with Gasteiger partial charge in [0.2, 0.25) is 0 Å². The van der Waals surface area contributed by atoms with Crippen molar-refractivity contribution in [1.29, 1.82) is 0 Å². The van der Waals surface area contributed by atoms with Crippen LogP contribution in [-0.2, 0) is 6.42 Å². The second-order valence-electron chi connectivity index (χ2n) is 2.61. The van der Waals surface area contributed by atoms with E-state index in [-0.39, 0.29) is 0 Å². The smallest absolute Gasteiger partial charge is 0.0593 e. The van der Waals surface area contributed by atoms with E-state index in [0.717, 1.165) is 17.8 Å². The lowest BCUT2D eigenvalue weighted by molar-refractivity contribution is 0.770. The highest BCUT2D eigenvalue weighted by Gasteiger charge is 1.93. The van der Waals surface area contributed by atoms with Crippen LogP contribution in [0.2, 0.25) is 0 Å². The van der Waals surface area contributed by atoms with Crippen molar-refractivity contribution in [2.75, 3.05) is 0 Å². The average molecular weight is 149 g/mol. The highest BCUT2D eigenvalue weighted by Crippen LogP contribution is 2.00. The molecule has 0 aliphatic heterocycles. The van der Waals surface area contributed by atoms with Crippen molar-refractivity contribution in [3.8, 4) is 0 Å². The van der Waals surface area contributed by atoms with E-state index in [1.807, 2.05) is 6.20 Å². The van der Waals surface area contributed by atoms with Crippen LogP contribution in [0.5, 0.6) is 0 Å². The number of aryl methyl sites for hydroxylation is 1. The second kappa shape index (κ2) is 4.06. The number of hydrogen-bond acceptors (Lipinski definition) is 2. The van der Waals surface area contributed by atoms with Crippen LogP contribution in [0.4, 0.5) is 0 Å². The highest BCUT2D eigenvalue weighted by atomic mass is 14.8. The van der Waals surface area contributed by atoms with Crippen LogP contribution in [0.25, 0.3) is 0 Å². The maximum atomic E-state index is 4.24. The summed E-state index contributed by atoms with van der Waals surface area (Å²) >= 11 is 0. The molecule has 1 heterocycles. The van der Waals surface area contributed by atoms with Crippen LogP contribution in [0.15, 0.2) is 12.4 Å². The van der Waals surface area contributed by atoms with Gasteiger partial charge < -0.3 is 0 Å². The van der Waals surface area contributed by atoms with Gasteiger partial charge in [-0.1, -0.05) is 13.3 Å². The molecule has 0 aromatic carbocycles. The Balaban J connectivity index is 2.56. The van der Waals surface area contributed by atoms with Gasteiger partial charge in [0.1, 0.15) is 0 Å². The molecular formula is C9H13N2. The highest BCUT2D eigenvalue weighted by molar-refractivity contribution is 5.05. The van der Waals surface area contributed by atoms with Crippen molar-refractivity contribution < 1.29 is 0 Å². The molecule has 11 heavy (non-hydrogen) atoms. The van der Waals surface area contributed by atoms with Crippen LogP contribution in [0.1, 0.15) is 31.2 Å². The summed E-state index contributed by atoms with van der Waals surface area (Å²) in [6, 6.07) is 0. The largest absolute Gasteiger partial charge is 0.261 e. The third kappa shape index (κ3) is 2.66. The summed E-state index contributed by atoms with van der Waals surface area (Å²) in [7, 11) is 0. The summed E-state index contributed by atoms with van der Waals surface area (Å²) in [6.45, 7) is 5.88. The van der Waals surface area contributed by atoms with Crippen LogP contribution >= 0.6 is 0 Å². The first-order valence-electron chi connectivity index (χ1n) is 3.96. The molecule has 0 N–H and O–H groups in total. The quantitative estimate of drug-likeness (QED) is 0.657. The molecule has 1 rings (SSSR count). The molecule has 0 atom stereocenters. The molecule has 0 saturated heterocycles. The van der Waals surface area contributed by atoms with Gasteiger partial charge in [0, 0.05) is 12.4 Å². The summed E-state index contributed by atoms with van der Waals surface area (Å²) in [5.41, 5.74) is 1.82. The zero-order valence-electron chi connectivity index (χ0n) is 6.88. The first kappa shape index (κ1) is 8.18. The number of aromatic nitrogens is 2. The molecule has 0 spiro atoms. The Morgan fingerprint density at radius 1 is 1.45 bits per heavy atom. The zero-order valence-corrected chi connectivity index (χ0v) is 6.88. The predicted octanol–water partition coefficient (Wildman–Crippen LogP) is 2.00. The first-order chi connectivity index (χ1) is 5.33. The summed E-state index contributed by atoms with van der Waals surface area (Å²) in [5.74, 6) is 0. The van der Waals surface area contributed by atoms with Crippen molar-refractivity contribution in [2.45, 2.75) is 26.2 Å². The lowest BCUT2D eigenvalue weighted by Gasteiger charge is -1.97.